The maximum atomic E-state index is 12.1. The molecule has 0 radical (unpaired) electrons. The molecule has 22 heavy (non-hydrogen) atoms. The summed E-state index contributed by atoms with van der Waals surface area (Å²) in [4.78, 5) is 16.6. The smallest absolute Gasteiger partial charge is 0.226 e. The van der Waals surface area contributed by atoms with Gasteiger partial charge in [0.25, 0.3) is 0 Å². The van der Waals surface area contributed by atoms with E-state index >= 15 is 0 Å². The number of rotatable bonds is 4. The van der Waals surface area contributed by atoms with E-state index in [0.717, 1.165) is 10.6 Å². The van der Waals surface area contributed by atoms with Crippen molar-refractivity contribution in [2.45, 2.75) is 25.3 Å². The van der Waals surface area contributed by atoms with Gasteiger partial charge in [0.05, 0.1) is 29.2 Å². The molecule has 3 rings (SSSR count). The number of nitrogens with one attached hydrogen (secondary N) is 1. The fourth-order valence-corrected chi connectivity index (χ4v) is 6.19. The normalized spacial score (nSPS) is 23.5. The molecule has 1 fully saturated rings. The van der Waals surface area contributed by atoms with Crippen molar-refractivity contribution >= 4 is 38.4 Å². The standard InChI is InChI=1S/C14H16N2O3S3/c1-14(3-5-22(18,19)9-14)16-12(17)6-11-8-21-13(15-11)10-2-4-20-7-10/h2,4,7-8H,3,5-6,9H2,1H3,(H,16,17)/t14-/m0/s1. The lowest BCUT2D eigenvalue weighted by atomic mass is 10.0. The summed E-state index contributed by atoms with van der Waals surface area (Å²) in [5, 5.41) is 9.64. The lowest BCUT2D eigenvalue weighted by Crippen LogP contribution is -2.47. The van der Waals surface area contributed by atoms with Crippen molar-refractivity contribution in [1.29, 1.82) is 0 Å². The van der Waals surface area contributed by atoms with Crippen LogP contribution in [0.25, 0.3) is 10.6 Å². The SMILES string of the molecule is C[C@]1(NC(=O)Cc2csc(-c3ccsc3)n2)CCS(=O)(=O)C1. The number of hydrogen-bond acceptors (Lipinski definition) is 6. The van der Waals surface area contributed by atoms with Crippen LogP contribution in [0, 0.1) is 0 Å². The van der Waals surface area contributed by atoms with E-state index in [1.165, 1.54) is 11.3 Å². The number of sulfone groups is 1. The van der Waals surface area contributed by atoms with Gasteiger partial charge >= 0.3 is 0 Å². The summed E-state index contributed by atoms with van der Waals surface area (Å²) < 4.78 is 23.1. The van der Waals surface area contributed by atoms with Gasteiger partial charge in [0.2, 0.25) is 5.91 Å². The minimum absolute atomic E-state index is 0.0168. The first-order valence-corrected chi connectivity index (χ1v) is 10.5. The van der Waals surface area contributed by atoms with E-state index < -0.39 is 15.4 Å². The largest absolute Gasteiger partial charge is 0.350 e. The molecule has 1 aliphatic heterocycles. The second kappa shape index (κ2) is 5.75. The molecule has 1 amide bonds. The number of thiophene rings is 1. The summed E-state index contributed by atoms with van der Waals surface area (Å²) >= 11 is 3.12. The Morgan fingerprint density at radius 3 is 2.91 bits per heavy atom. The second-order valence-electron chi connectivity index (χ2n) is 5.78. The molecule has 5 nitrogen and oxygen atoms in total. The molecule has 1 atom stereocenters. The van der Waals surface area contributed by atoms with Crippen LogP contribution >= 0.6 is 22.7 Å². The van der Waals surface area contributed by atoms with Gasteiger partial charge in [-0.15, -0.1) is 11.3 Å². The number of hydrogen-bond donors (Lipinski definition) is 1. The number of thiazole rings is 1. The van der Waals surface area contributed by atoms with Crippen molar-refractivity contribution in [3.8, 4) is 10.6 Å². The van der Waals surface area contributed by atoms with Crippen LogP contribution in [0.2, 0.25) is 0 Å². The minimum atomic E-state index is -3.03. The highest BCUT2D eigenvalue weighted by atomic mass is 32.2. The molecule has 8 heteroatoms. The molecule has 118 valence electrons. The monoisotopic (exact) mass is 356 g/mol. The van der Waals surface area contributed by atoms with Crippen LogP contribution in [0.4, 0.5) is 0 Å². The van der Waals surface area contributed by atoms with Gasteiger partial charge in [0.1, 0.15) is 5.01 Å². The Bertz CT molecular complexity index is 780. The first-order chi connectivity index (χ1) is 10.4. The topological polar surface area (TPSA) is 76.1 Å². The second-order valence-corrected chi connectivity index (χ2v) is 9.61. The summed E-state index contributed by atoms with van der Waals surface area (Å²) in [6.45, 7) is 1.79. The van der Waals surface area contributed by atoms with Gasteiger partial charge in [-0.3, -0.25) is 4.79 Å². The highest BCUT2D eigenvalue weighted by Crippen LogP contribution is 2.26. The van der Waals surface area contributed by atoms with Crippen molar-refractivity contribution in [3.05, 3.63) is 27.9 Å². The van der Waals surface area contributed by atoms with Gasteiger partial charge in [0, 0.05) is 16.3 Å². The van der Waals surface area contributed by atoms with Gasteiger partial charge in [-0.1, -0.05) is 0 Å². The van der Waals surface area contributed by atoms with Crippen molar-refractivity contribution in [2.75, 3.05) is 11.5 Å². The zero-order chi connectivity index (χ0) is 15.8. The van der Waals surface area contributed by atoms with Crippen LogP contribution in [0.15, 0.2) is 22.2 Å². The highest BCUT2D eigenvalue weighted by molar-refractivity contribution is 7.91. The predicted molar refractivity (Wildman–Crippen MR) is 88.9 cm³/mol. The van der Waals surface area contributed by atoms with Gasteiger partial charge < -0.3 is 5.32 Å². The molecule has 0 unspecified atom stereocenters. The number of nitrogens with zero attached hydrogens (tertiary/aromatic N) is 1. The lowest BCUT2D eigenvalue weighted by Gasteiger charge is -2.23. The van der Waals surface area contributed by atoms with E-state index in [0.29, 0.717) is 12.1 Å². The van der Waals surface area contributed by atoms with E-state index in [1.54, 1.807) is 18.3 Å². The molecule has 3 heterocycles. The molecule has 0 saturated carbocycles. The average molecular weight is 356 g/mol. The molecule has 0 bridgehead atoms. The Hall–Kier alpha value is -1.25. The molecule has 2 aromatic rings. The Morgan fingerprint density at radius 1 is 1.45 bits per heavy atom. The van der Waals surface area contributed by atoms with Gasteiger partial charge in [-0.25, -0.2) is 13.4 Å². The first kappa shape index (κ1) is 15.6. The zero-order valence-corrected chi connectivity index (χ0v) is 14.5. The Balaban J connectivity index is 1.63. The molecule has 0 aliphatic carbocycles. The Labute approximate surface area is 137 Å². The predicted octanol–water partition coefficient (Wildman–Crippen LogP) is 2.11. The number of amides is 1. The van der Waals surface area contributed by atoms with Gasteiger partial charge in [0.15, 0.2) is 9.84 Å². The summed E-state index contributed by atoms with van der Waals surface area (Å²) in [6.07, 6.45) is 0.647. The average Bonchev–Trinajstić information content (AvgIpc) is 3.09. The Kier molecular flexibility index (Phi) is 4.09. The van der Waals surface area contributed by atoms with Crippen LogP contribution < -0.4 is 5.32 Å². The van der Waals surface area contributed by atoms with E-state index in [4.69, 9.17) is 0 Å². The fraction of sp³-hybridized carbons (Fsp3) is 0.429. The molecule has 2 aromatic heterocycles. The van der Waals surface area contributed by atoms with Crippen LogP contribution in [0.1, 0.15) is 19.0 Å². The third-order valence-electron chi connectivity index (χ3n) is 3.61. The van der Waals surface area contributed by atoms with Crippen LogP contribution in [-0.4, -0.2) is 36.4 Å². The maximum Gasteiger partial charge on any atom is 0.226 e. The van der Waals surface area contributed by atoms with Crippen molar-refractivity contribution in [3.63, 3.8) is 0 Å². The zero-order valence-electron chi connectivity index (χ0n) is 12.0. The van der Waals surface area contributed by atoms with Crippen molar-refractivity contribution < 1.29 is 13.2 Å². The van der Waals surface area contributed by atoms with Gasteiger partial charge in [-0.2, -0.15) is 11.3 Å². The third-order valence-corrected chi connectivity index (χ3v) is 7.13. The summed E-state index contributed by atoms with van der Waals surface area (Å²) in [7, 11) is -3.03. The molecule has 1 aliphatic rings. The fourth-order valence-electron chi connectivity index (χ4n) is 2.56. The van der Waals surface area contributed by atoms with Crippen LogP contribution in [-0.2, 0) is 21.1 Å². The number of carbonyl (C=O) groups is 1. The molecule has 0 aromatic carbocycles. The quantitative estimate of drug-likeness (QED) is 0.910. The molecule has 1 N–H and O–H groups in total. The van der Waals surface area contributed by atoms with Gasteiger partial charge in [-0.05, 0) is 24.8 Å². The molecule has 1 saturated heterocycles. The van der Waals surface area contributed by atoms with E-state index in [1.807, 2.05) is 22.2 Å². The minimum Gasteiger partial charge on any atom is -0.350 e. The number of carbonyl (C=O) groups excluding carboxylic acids is 1. The van der Waals surface area contributed by atoms with Crippen molar-refractivity contribution in [2.24, 2.45) is 0 Å². The molecule has 0 spiro atoms. The van der Waals surface area contributed by atoms with Crippen LogP contribution in [0.5, 0.6) is 0 Å². The summed E-state index contributed by atoms with van der Waals surface area (Å²) in [5.41, 5.74) is 1.13. The number of aromatic nitrogens is 1. The summed E-state index contributed by atoms with van der Waals surface area (Å²) in [5.74, 6) is -0.0204. The molecular formula is C14H16N2O3S3. The highest BCUT2D eigenvalue weighted by Gasteiger charge is 2.39. The van der Waals surface area contributed by atoms with Crippen LogP contribution in [0.3, 0.4) is 0 Å². The van der Waals surface area contributed by atoms with E-state index in [9.17, 15) is 13.2 Å². The first-order valence-electron chi connectivity index (χ1n) is 6.84. The lowest BCUT2D eigenvalue weighted by molar-refractivity contribution is -0.121. The maximum absolute atomic E-state index is 12.1. The third kappa shape index (κ3) is 3.56. The van der Waals surface area contributed by atoms with E-state index in [2.05, 4.69) is 10.3 Å². The molecular weight excluding hydrogens is 340 g/mol. The van der Waals surface area contributed by atoms with Crippen molar-refractivity contribution in [1.82, 2.24) is 10.3 Å². The van der Waals surface area contributed by atoms with E-state index in [-0.39, 0.29) is 23.8 Å². The Morgan fingerprint density at radius 2 is 2.27 bits per heavy atom. The summed E-state index contributed by atoms with van der Waals surface area (Å²) in [6, 6.07) is 2.00.